The number of carbonyl (C=O) groups is 1. The van der Waals surface area contributed by atoms with Crippen LogP contribution in [0.1, 0.15) is 30.6 Å². The third-order valence-electron chi connectivity index (χ3n) is 4.67. The van der Waals surface area contributed by atoms with E-state index in [1.54, 1.807) is 19.2 Å². The molecule has 1 saturated heterocycles. The van der Waals surface area contributed by atoms with E-state index in [0.717, 1.165) is 6.42 Å². The van der Waals surface area contributed by atoms with Gasteiger partial charge in [0.15, 0.2) is 11.5 Å². The smallest absolute Gasteiger partial charge is 0.254 e. The lowest BCUT2D eigenvalue weighted by atomic mass is 9.79. The third kappa shape index (κ3) is 2.95. The van der Waals surface area contributed by atoms with Crippen LogP contribution in [-0.4, -0.2) is 50.3 Å². The largest absolute Gasteiger partial charge is 0.493 e. The highest BCUT2D eigenvalue weighted by atomic mass is 16.6. The number of piperidine rings is 1. The van der Waals surface area contributed by atoms with Crippen molar-refractivity contribution in [3.05, 3.63) is 17.7 Å². The maximum atomic E-state index is 12.9. The summed E-state index contributed by atoms with van der Waals surface area (Å²) in [5, 5.41) is 0. The molecule has 1 fully saturated rings. The second-order valence-corrected chi connectivity index (χ2v) is 6.81. The van der Waals surface area contributed by atoms with Crippen LogP contribution in [0, 0.1) is 5.41 Å². The Labute approximate surface area is 136 Å². The minimum atomic E-state index is -0.0915. The van der Waals surface area contributed by atoms with Gasteiger partial charge in [-0.3, -0.25) is 4.79 Å². The van der Waals surface area contributed by atoms with Gasteiger partial charge in [-0.15, -0.1) is 0 Å². The first kappa shape index (κ1) is 15.9. The molecule has 0 radical (unpaired) electrons. The quantitative estimate of drug-likeness (QED) is 0.897. The maximum absolute atomic E-state index is 12.9. The number of nitrogens with two attached hydrogens (primary N) is 1. The molecule has 6 nitrogen and oxygen atoms in total. The fourth-order valence-corrected chi connectivity index (χ4v) is 3.13. The number of ether oxygens (including phenoxy) is 3. The van der Waals surface area contributed by atoms with Crippen molar-refractivity contribution in [3.8, 4) is 17.2 Å². The number of rotatable bonds is 2. The van der Waals surface area contributed by atoms with Crippen molar-refractivity contribution >= 4 is 5.91 Å². The van der Waals surface area contributed by atoms with Gasteiger partial charge < -0.3 is 24.8 Å². The lowest BCUT2D eigenvalue weighted by Gasteiger charge is -2.42. The Morgan fingerprint density at radius 1 is 1.35 bits per heavy atom. The third-order valence-corrected chi connectivity index (χ3v) is 4.67. The van der Waals surface area contributed by atoms with Crippen LogP contribution < -0.4 is 19.9 Å². The first-order chi connectivity index (χ1) is 10.9. The highest BCUT2D eigenvalue weighted by molar-refractivity contribution is 5.95. The van der Waals surface area contributed by atoms with Crippen molar-refractivity contribution in [1.82, 2.24) is 4.90 Å². The van der Waals surface area contributed by atoms with Gasteiger partial charge in [0.2, 0.25) is 5.75 Å². The lowest BCUT2D eigenvalue weighted by molar-refractivity contribution is 0.0531. The monoisotopic (exact) mass is 320 g/mol. The number of hydrogen-bond donors (Lipinski definition) is 1. The predicted octanol–water partition coefficient (Wildman–Crippen LogP) is 1.67. The number of carbonyl (C=O) groups excluding carboxylic acids is 1. The Bertz CT molecular complexity index is 598. The molecule has 2 aliphatic rings. The number of likely N-dealkylation sites (tertiary alicyclic amines) is 1. The minimum Gasteiger partial charge on any atom is -0.493 e. The van der Waals surface area contributed by atoms with E-state index < -0.39 is 0 Å². The van der Waals surface area contributed by atoms with Gasteiger partial charge in [-0.25, -0.2) is 0 Å². The van der Waals surface area contributed by atoms with E-state index in [1.165, 1.54) is 0 Å². The summed E-state index contributed by atoms with van der Waals surface area (Å²) >= 11 is 0. The van der Waals surface area contributed by atoms with Gasteiger partial charge in [-0.1, -0.05) is 13.8 Å². The van der Waals surface area contributed by atoms with Gasteiger partial charge in [0.1, 0.15) is 13.2 Å². The number of fused-ring (bicyclic) bond motifs is 1. The molecule has 6 heteroatoms. The standard InChI is InChI=1S/C17H24N2O4/c1-17(2)10-19(5-4-14(17)18)16(20)11-8-12(21-3)15-13(9-11)22-6-7-23-15/h8-9,14H,4-7,10,18H2,1-3H3. The molecule has 0 aromatic heterocycles. The van der Waals surface area contributed by atoms with Gasteiger partial charge in [0.25, 0.3) is 5.91 Å². The van der Waals surface area contributed by atoms with Gasteiger partial charge in [0.05, 0.1) is 7.11 Å². The first-order valence-corrected chi connectivity index (χ1v) is 7.95. The molecular weight excluding hydrogens is 296 g/mol. The second kappa shape index (κ2) is 5.92. The molecule has 0 aliphatic carbocycles. The van der Waals surface area contributed by atoms with Crippen LogP contribution in [0.5, 0.6) is 17.2 Å². The Morgan fingerprint density at radius 3 is 2.78 bits per heavy atom. The van der Waals surface area contributed by atoms with E-state index in [9.17, 15) is 4.79 Å². The predicted molar refractivity (Wildman–Crippen MR) is 86.3 cm³/mol. The summed E-state index contributed by atoms with van der Waals surface area (Å²) < 4.78 is 16.5. The van der Waals surface area contributed by atoms with Crippen LogP contribution in [-0.2, 0) is 0 Å². The molecule has 23 heavy (non-hydrogen) atoms. The average Bonchev–Trinajstić information content (AvgIpc) is 2.55. The lowest BCUT2D eigenvalue weighted by Crippen LogP contribution is -2.54. The zero-order valence-electron chi connectivity index (χ0n) is 13.9. The number of nitrogens with zero attached hydrogens (tertiary/aromatic N) is 1. The van der Waals surface area contributed by atoms with Gasteiger partial charge >= 0.3 is 0 Å². The SMILES string of the molecule is COc1cc(C(=O)N2CCC(N)C(C)(C)C2)cc2c1OCCO2. The molecule has 3 rings (SSSR count). The van der Waals surface area contributed by atoms with E-state index in [4.69, 9.17) is 19.9 Å². The molecule has 0 spiro atoms. The molecule has 0 saturated carbocycles. The van der Waals surface area contributed by atoms with Crippen LogP contribution in [0.15, 0.2) is 12.1 Å². The summed E-state index contributed by atoms with van der Waals surface area (Å²) in [5.74, 6) is 1.63. The highest BCUT2D eigenvalue weighted by Crippen LogP contribution is 2.41. The van der Waals surface area contributed by atoms with E-state index >= 15 is 0 Å². The summed E-state index contributed by atoms with van der Waals surface area (Å²) in [6, 6.07) is 3.57. The summed E-state index contributed by atoms with van der Waals surface area (Å²) in [6.07, 6.45) is 0.806. The Kier molecular flexibility index (Phi) is 4.10. The van der Waals surface area contributed by atoms with E-state index in [0.29, 0.717) is 49.1 Å². The van der Waals surface area contributed by atoms with Crippen molar-refractivity contribution in [1.29, 1.82) is 0 Å². The summed E-state index contributed by atoms with van der Waals surface area (Å²) in [6.45, 7) is 6.46. The number of methoxy groups -OCH3 is 1. The molecule has 2 N–H and O–H groups in total. The van der Waals surface area contributed by atoms with Crippen molar-refractivity contribution in [3.63, 3.8) is 0 Å². The molecule has 1 amide bonds. The van der Waals surface area contributed by atoms with Gasteiger partial charge in [0, 0.05) is 24.7 Å². The number of hydrogen-bond acceptors (Lipinski definition) is 5. The summed E-state index contributed by atoms with van der Waals surface area (Å²) in [5.41, 5.74) is 6.62. The van der Waals surface area contributed by atoms with Crippen molar-refractivity contribution in [2.45, 2.75) is 26.3 Å². The molecule has 1 aromatic carbocycles. The number of benzene rings is 1. The molecule has 1 aromatic rings. The zero-order chi connectivity index (χ0) is 16.6. The van der Waals surface area contributed by atoms with E-state index in [-0.39, 0.29) is 17.4 Å². The maximum Gasteiger partial charge on any atom is 0.254 e. The fourth-order valence-electron chi connectivity index (χ4n) is 3.13. The highest BCUT2D eigenvalue weighted by Gasteiger charge is 2.36. The van der Waals surface area contributed by atoms with Crippen molar-refractivity contribution < 1.29 is 19.0 Å². The van der Waals surface area contributed by atoms with Crippen molar-refractivity contribution in [2.75, 3.05) is 33.4 Å². The molecule has 2 aliphatic heterocycles. The average molecular weight is 320 g/mol. The Balaban J connectivity index is 1.88. The van der Waals surface area contributed by atoms with Crippen LogP contribution in [0.25, 0.3) is 0 Å². The Hall–Kier alpha value is -1.95. The van der Waals surface area contributed by atoms with Crippen LogP contribution in [0.3, 0.4) is 0 Å². The summed E-state index contributed by atoms with van der Waals surface area (Å²) in [4.78, 5) is 14.7. The topological polar surface area (TPSA) is 74.0 Å². The van der Waals surface area contributed by atoms with Gasteiger partial charge in [-0.2, -0.15) is 0 Å². The summed E-state index contributed by atoms with van der Waals surface area (Å²) in [7, 11) is 1.56. The second-order valence-electron chi connectivity index (χ2n) is 6.81. The van der Waals surface area contributed by atoms with Crippen LogP contribution >= 0.6 is 0 Å². The Morgan fingerprint density at radius 2 is 2.09 bits per heavy atom. The molecule has 2 heterocycles. The molecule has 1 unspecified atom stereocenters. The van der Waals surface area contributed by atoms with E-state index in [1.807, 2.05) is 4.90 Å². The van der Waals surface area contributed by atoms with Crippen LogP contribution in [0.2, 0.25) is 0 Å². The first-order valence-electron chi connectivity index (χ1n) is 7.95. The van der Waals surface area contributed by atoms with Gasteiger partial charge in [-0.05, 0) is 24.0 Å². The van der Waals surface area contributed by atoms with Crippen LogP contribution in [0.4, 0.5) is 0 Å². The van der Waals surface area contributed by atoms with Crippen molar-refractivity contribution in [2.24, 2.45) is 11.1 Å². The number of amides is 1. The zero-order valence-corrected chi connectivity index (χ0v) is 13.9. The molecule has 1 atom stereocenters. The minimum absolute atomic E-state index is 0.0275. The normalized spacial score (nSPS) is 22.6. The molecular formula is C17H24N2O4. The van der Waals surface area contributed by atoms with E-state index in [2.05, 4.69) is 13.8 Å². The molecule has 126 valence electrons. The molecule has 0 bridgehead atoms. The fraction of sp³-hybridized carbons (Fsp3) is 0.588.